The van der Waals surface area contributed by atoms with Crippen LogP contribution in [0.5, 0.6) is 0 Å². The molecule has 0 radical (unpaired) electrons. The van der Waals surface area contributed by atoms with Crippen molar-refractivity contribution < 1.29 is 28.5 Å². The maximum atomic E-state index is 12.1. The summed E-state index contributed by atoms with van der Waals surface area (Å²) in [5.74, 6) is -1.41. The van der Waals surface area contributed by atoms with E-state index < -0.39 is 26.2 Å². The van der Waals surface area contributed by atoms with E-state index in [1.165, 1.54) is 0 Å². The van der Waals surface area contributed by atoms with E-state index in [1.54, 1.807) is 0 Å². The molecule has 0 aromatic heterocycles. The molecule has 0 unspecified atom stereocenters. The van der Waals surface area contributed by atoms with E-state index in [1.807, 2.05) is 26.0 Å². The number of carboxylic acid groups (broad SMARTS) is 1. The Bertz CT molecular complexity index is 1010. The van der Waals surface area contributed by atoms with Gasteiger partial charge in [0.25, 0.3) is 8.32 Å². The molecule has 39 heavy (non-hydrogen) atoms. The number of hydrogen-bond donors (Lipinski definition) is 1. The van der Waals surface area contributed by atoms with Crippen LogP contribution in [0.15, 0.2) is 60.7 Å². The highest BCUT2D eigenvalue weighted by Gasteiger charge is 2.52. The van der Waals surface area contributed by atoms with Crippen LogP contribution in [0.2, 0.25) is 5.04 Å². The molecule has 2 heterocycles. The van der Waals surface area contributed by atoms with E-state index in [4.69, 9.17) is 18.6 Å². The van der Waals surface area contributed by atoms with Crippen molar-refractivity contribution in [2.75, 3.05) is 6.61 Å². The molecule has 2 aliphatic rings. The molecule has 0 bridgehead atoms. The third-order valence-corrected chi connectivity index (χ3v) is 13.1. The first-order chi connectivity index (χ1) is 18.5. The van der Waals surface area contributed by atoms with Gasteiger partial charge in [0.15, 0.2) is 5.79 Å². The van der Waals surface area contributed by atoms with Gasteiger partial charge in [-0.1, -0.05) is 81.4 Å². The zero-order valence-electron chi connectivity index (χ0n) is 24.2. The van der Waals surface area contributed by atoms with Crippen molar-refractivity contribution in [3.05, 3.63) is 60.7 Å². The fraction of sp³-hybridized carbons (Fsp3) is 0.594. The summed E-state index contributed by atoms with van der Waals surface area (Å²) in [6, 6.07) is 20.8. The van der Waals surface area contributed by atoms with Crippen LogP contribution in [0.3, 0.4) is 0 Å². The summed E-state index contributed by atoms with van der Waals surface area (Å²) in [5, 5.41) is 12.0. The van der Waals surface area contributed by atoms with Crippen molar-refractivity contribution in [1.29, 1.82) is 0 Å². The summed E-state index contributed by atoms with van der Waals surface area (Å²) in [6.45, 7) is 11.3. The van der Waals surface area contributed by atoms with Crippen LogP contribution in [0.4, 0.5) is 0 Å². The number of rotatable bonds is 10. The summed E-state index contributed by atoms with van der Waals surface area (Å²) >= 11 is 0. The molecular formula is C32H46O6Si. The predicted molar refractivity (Wildman–Crippen MR) is 156 cm³/mol. The maximum Gasteiger partial charge on any atom is 0.305 e. The van der Waals surface area contributed by atoms with Crippen molar-refractivity contribution in [2.45, 2.75) is 115 Å². The Kier molecular flexibility index (Phi) is 9.71. The van der Waals surface area contributed by atoms with Crippen molar-refractivity contribution >= 4 is 24.7 Å². The highest BCUT2D eigenvalue weighted by Crippen LogP contribution is 2.39. The van der Waals surface area contributed by atoms with Crippen LogP contribution in [-0.4, -0.2) is 56.2 Å². The Morgan fingerprint density at radius 2 is 1.56 bits per heavy atom. The van der Waals surface area contributed by atoms with Gasteiger partial charge in [0.1, 0.15) is 0 Å². The Labute approximate surface area is 235 Å². The normalized spacial score (nSPS) is 24.7. The number of hydrogen-bond acceptors (Lipinski definition) is 5. The molecule has 214 valence electrons. The third-order valence-electron chi connectivity index (χ3n) is 7.99. The molecule has 0 amide bonds. The van der Waals surface area contributed by atoms with E-state index in [0.717, 1.165) is 42.5 Å². The quantitative estimate of drug-likeness (QED) is 0.382. The van der Waals surface area contributed by atoms with Crippen LogP contribution in [-0.2, 0) is 23.4 Å². The zero-order chi connectivity index (χ0) is 28.1. The molecular weight excluding hydrogens is 508 g/mol. The number of aliphatic carboxylic acids is 1. The second-order valence-corrected chi connectivity index (χ2v) is 16.8. The van der Waals surface area contributed by atoms with Crippen LogP contribution < -0.4 is 10.4 Å². The Hall–Kier alpha value is -2.03. The Morgan fingerprint density at radius 3 is 2.10 bits per heavy atom. The fourth-order valence-electron chi connectivity index (χ4n) is 6.32. The average Bonchev–Trinajstić information content (AvgIpc) is 2.87. The van der Waals surface area contributed by atoms with Gasteiger partial charge in [-0.25, -0.2) is 0 Å². The molecule has 6 nitrogen and oxygen atoms in total. The third kappa shape index (κ3) is 7.58. The molecule has 0 spiro atoms. The van der Waals surface area contributed by atoms with Gasteiger partial charge in [0, 0.05) is 0 Å². The van der Waals surface area contributed by atoms with Gasteiger partial charge in [0.2, 0.25) is 0 Å². The van der Waals surface area contributed by atoms with Gasteiger partial charge in [-0.3, -0.25) is 4.79 Å². The molecule has 2 saturated heterocycles. The molecule has 1 N–H and O–H groups in total. The maximum absolute atomic E-state index is 12.1. The molecule has 2 aliphatic heterocycles. The first kappa shape index (κ1) is 29.9. The summed E-state index contributed by atoms with van der Waals surface area (Å²) < 4.78 is 25.7. The van der Waals surface area contributed by atoms with E-state index >= 15 is 0 Å². The molecule has 4 atom stereocenters. The highest BCUT2D eigenvalue weighted by molar-refractivity contribution is 6.99. The van der Waals surface area contributed by atoms with Crippen LogP contribution in [0, 0.1) is 0 Å². The van der Waals surface area contributed by atoms with E-state index in [9.17, 15) is 9.90 Å². The summed E-state index contributed by atoms with van der Waals surface area (Å²) in [7, 11) is -2.88. The van der Waals surface area contributed by atoms with Crippen molar-refractivity contribution in [2.24, 2.45) is 0 Å². The Morgan fingerprint density at radius 1 is 0.974 bits per heavy atom. The van der Waals surface area contributed by atoms with E-state index in [2.05, 4.69) is 69.3 Å². The van der Waals surface area contributed by atoms with Gasteiger partial charge in [-0.15, -0.1) is 0 Å². The standard InChI is InChI=1S/C32H46O6Si/c1-31(2,3)39(28-15-8-6-9-16-28,29-17-10-7-11-18-29)38-27(23-30(33)34)22-25-14-12-13-24(36-25)21-26-19-20-35-32(4,5)37-26/h6-11,15-18,24-27H,12-14,19-23H2,1-5H3,(H,33,34)/t24-,25+,26+,27-/m1/s1. The van der Waals surface area contributed by atoms with E-state index in [0.29, 0.717) is 13.0 Å². The first-order valence-corrected chi connectivity index (χ1v) is 16.4. The largest absolute Gasteiger partial charge is 0.481 e. The second-order valence-electron chi connectivity index (χ2n) is 12.6. The van der Waals surface area contributed by atoms with Gasteiger partial charge < -0.3 is 23.7 Å². The van der Waals surface area contributed by atoms with Gasteiger partial charge >= 0.3 is 5.97 Å². The monoisotopic (exact) mass is 554 g/mol. The minimum absolute atomic E-state index is 0.0424. The molecule has 0 aliphatic carbocycles. The predicted octanol–water partition coefficient (Wildman–Crippen LogP) is 5.67. The van der Waals surface area contributed by atoms with Gasteiger partial charge in [0.05, 0.1) is 37.4 Å². The zero-order valence-corrected chi connectivity index (χ0v) is 25.2. The van der Waals surface area contributed by atoms with Gasteiger partial charge in [-0.2, -0.15) is 0 Å². The van der Waals surface area contributed by atoms with Crippen LogP contribution in [0.25, 0.3) is 0 Å². The summed E-state index contributed by atoms with van der Waals surface area (Å²) in [5.41, 5.74) is 0. The van der Waals surface area contributed by atoms with Crippen molar-refractivity contribution in [1.82, 2.24) is 0 Å². The SMILES string of the molecule is CC1(C)OCC[C@@H](C[C@H]2CCC[C@@H](C[C@H](CC(=O)O)O[Si](c3ccccc3)(c3ccccc3)C(C)(C)C)O2)O1. The molecule has 2 fully saturated rings. The van der Waals surface area contributed by atoms with Crippen LogP contribution in [0.1, 0.15) is 79.6 Å². The fourth-order valence-corrected chi connectivity index (χ4v) is 11.0. The van der Waals surface area contributed by atoms with E-state index in [-0.39, 0.29) is 29.8 Å². The first-order valence-electron chi connectivity index (χ1n) is 14.5. The summed E-state index contributed by atoms with van der Waals surface area (Å²) in [4.78, 5) is 12.1. The molecule has 0 saturated carbocycles. The number of carboxylic acids is 1. The minimum Gasteiger partial charge on any atom is -0.481 e. The number of carbonyl (C=O) groups is 1. The number of benzene rings is 2. The smallest absolute Gasteiger partial charge is 0.305 e. The number of ether oxygens (including phenoxy) is 3. The minimum atomic E-state index is -2.88. The van der Waals surface area contributed by atoms with Crippen molar-refractivity contribution in [3.63, 3.8) is 0 Å². The lowest BCUT2D eigenvalue weighted by atomic mass is 9.95. The molecule has 2 aromatic carbocycles. The van der Waals surface area contributed by atoms with Crippen LogP contribution >= 0.6 is 0 Å². The highest BCUT2D eigenvalue weighted by atomic mass is 28.4. The Balaban J connectivity index is 1.57. The van der Waals surface area contributed by atoms with Crippen molar-refractivity contribution in [3.8, 4) is 0 Å². The lowest BCUT2D eigenvalue weighted by molar-refractivity contribution is -0.278. The molecule has 7 heteroatoms. The average molecular weight is 555 g/mol. The second kappa shape index (κ2) is 12.6. The van der Waals surface area contributed by atoms with Gasteiger partial charge in [-0.05, 0) is 67.8 Å². The lowest BCUT2D eigenvalue weighted by Crippen LogP contribution is -2.68. The lowest BCUT2D eigenvalue weighted by Gasteiger charge is -2.46. The molecule has 4 rings (SSSR count). The summed E-state index contributed by atoms with van der Waals surface area (Å²) in [6.07, 6.45) is 4.89. The topological polar surface area (TPSA) is 74.2 Å². The molecule has 2 aromatic rings.